The highest BCUT2D eigenvalue weighted by atomic mass is 15.3. The predicted molar refractivity (Wildman–Crippen MR) is 113 cm³/mol. The zero-order valence-corrected chi connectivity index (χ0v) is 16.1. The number of nitrogens with zero attached hydrogens (tertiary/aromatic N) is 5. The molecule has 0 aliphatic heterocycles. The Hall–Kier alpha value is -4.22. The van der Waals surface area contributed by atoms with E-state index in [0.29, 0.717) is 28.5 Å². The minimum Gasteiger partial charge on any atom is -0.274 e. The molecule has 4 rings (SSSR count). The number of rotatable bonds is 3. The molecular weight excluding hydrogens is 358 g/mol. The molecule has 4 aromatic rings. The first-order valence-corrected chi connectivity index (χ1v) is 9.13. The fourth-order valence-corrected chi connectivity index (χ4v) is 3.49. The van der Waals surface area contributed by atoms with Gasteiger partial charge in [-0.1, -0.05) is 60.7 Å². The standard InChI is InChI=1S/C24H17N5/c1-16-8-7-9-17(2)22(16)29-23(18-10-5-4-6-11-18)27-28-24(29)21-14-20(26-3)13-12-19(21)15-25/h4-14H,1-2H3. The molecule has 0 radical (unpaired) electrons. The molecule has 0 spiro atoms. The molecule has 0 aliphatic carbocycles. The second kappa shape index (κ2) is 7.42. The molecule has 5 heteroatoms. The van der Waals surface area contributed by atoms with Crippen molar-refractivity contribution in [2.75, 3.05) is 0 Å². The Morgan fingerprint density at radius 2 is 1.59 bits per heavy atom. The van der Waals surface area contributed by atoms with Crippen molar-refractivity contribution >= 4 is 5.69 Å². The fourth-order valence-electron chi connectivity index (χ4n) is 3.49. The second-order valence-electron chi connectivity index (χ2n) is 6.74. The van der Waals surface area contributed by atoms with Gasteiger partial charge in [-0.3, -0.25) is 4.57 Å². The highest BCUT2D eigenvalue weighted by molar-refractivity contribution is 5.75. The van der Waals surface area contributed by atoms with Gasteiger partial charge in [-0.15, -0.1) is 10.2 Å². The third-order valence-electron chi connectivity index (χ3n) is 4.85. The summed E-state index contributed by atoms with van der Waals surface area (Å²) in [6.45, 7) is 11.4. The number of hydrogen-bond donors (Lipinski definition) is 0. The van der Waals surface area contributed by atoms with Crippen molar-refractivity contribution in [3.05, 3.63) is 94.8 Å². The molecule has 0 saturated carbocycles. The Morgan fingerprint density at radius 3 is 2.24 bits per heavy atom. The summed E-state index contributed by atoms with van der Waals surface area (Å²) in [6, 6.07) is 23.2. The summed E-state index contributed by atoms with van der Waals surface area (Å²) < 4.78 is 1.99. The third kappa shape index (κ3) is 3.16. The molecule has 0 amide bonds. The highest BCUT2D eigenvalue weighted by Gasteiger charge is 2.21. The van der Waals surface area contributed by atoms with Crippen molar-refractivity contribution in [3.63, 3.8) is 0 Å². The molecule has 0 unspecified atom stereocenters. The molecule has 0 atom stereocenters. The van der Waals surface area contributed by atoms with Gasteiger partial charge < -0.3 is 0 Å². The van der Waals surface area contributed by atoms with Crippen molar-refractivity contribution in [1.82, 2.24) is 14.8 Å². The molecule has 138 valence electrons. The van der Waals surface area contributed by atoms with Gasteiger partial charge in [0, 0.05) is 11.1 Å². The van der Waals surface area contributed by atoms with E-state index >= 15 is 0 Å². The van der Waals surface area contributed by atoms with Crippen LogP contribution in [0.15, 0.2) is 66.7 Å². The van der Waals surface area contributed by atoms with Crippen LogP contribution in [0.1, 0.15) is 16.7 Å². The number of nitriles is 1. The van der Waals surface area contributed by atoms with E-state index in [1.807, 2.05) is 66.9 Å². The van der Waals surface area contributed by atoms with Crippen LogP contribution >= 0.6 is 0 Å². The normalized spacial score (nSPS) is 10.3. The van der Waals surface area contributed by atoms with Crippen LogP contribution in [0.25, 0.3) is 33.3 Å². The Labute approximate surface area is 169 Å². The Kier molecular flexibility index (Phi) is 4.65. The van der Waals surface area contributed by atoms with Crippen molar-refractivity contribution in [2.24, 2.45) is 0 Å². The van der Waals surface area contributed by atoms with E-state index in [9.17, 15) is 5.26 Å². The number of benzene rings is 3. The van der Waals surface area contributed by atoms with Crippen LogP contribution in [0.4, 0.5) is 5.69 Å². The topological polar surface area (TPSA) is 58.9 Å². The highest BCUT2D eigenvalue weighted by Crippen LogP contribution is 2.34. The molecule has 0 saturated heterocycles. The first kappa shape index (κ1) is 18.2. The van der Waals surface area contributed by atoms with E-state index in [-0.39, 0.29) is 0 Å². The minimum absolute atomic E-state index is 0.455. The maximum absolute atomic E-state index is 9.65. The summed E-state index contributed by atoms with van der Waals surface area (Å²) in [5, 5.41) is 18.6. The summed E-state index contributed by atoms with van der Waals surface area (Å²) >= 11 is 0. The largest absolute Gasteiger partial charge is 0.274 e. The zero-order valence-electron chi connectivity index (χ0n) is 16.1. The van der Waals surface area contributed by atoms with Gasteiger partial charge in [0.2, 0.25) is 0 Å². The smallest absolute Gasteiger partial charge is 0.188 e. The lowest BCUT2D eigenvalue weighted by Gasteiger charge is -2.16. The molecule has 0 aliphatic rings. The summed E-state index contributed by atoms with van der Waals surface area (Å²) in [5.41, 5.74) is 5.55. The van der Waals surface area contributed by atoms with E-state index in [0.717, 1.165) is 22.4 Å². The fraction of sp³-hybridized carbons (Fsp3) is 0.0833. The average molecular weight is 375 g/mol. The summed E-state index contributed by atoms with van der Waals surface area (Å²) in [5.74, 6) is 1.23. The van der Waals surface area contributed by atoms with Crippen LogP contribution in [0.3, 0.4) is 0 Å². The minimum atomic E-state index is 0.455. The van der Waals surface area contributed by atoms with Gasteiger partial charge in [0.05, 0.1) is 23.9 Å². The number of aromatic nitrogens is 3. The molecule has 5 nitrogen and oxygen atoms in total. The van der Waals surface area contributed by atoms with Crippen LogP contribution < -0.4 is 0 Å². The van der Waals surface area contributed by atoms with Gasteiger partial charge in [-0.2, -0.15) is 5.26 Å². The van der Waals surface area contributed by atoms with E-state index in [2.05, 4.69) is 21.1 Å². The van der Waals surface area contributed by atoms with E-state index < -0.39 is 0 Å². The van der Waals surface area contributed by atoms with Gasteiger partial charge in [0.15, 0.2) is 17.3 Å². The number of hydrogen-bond acceptors (Lipinski definition) is 3. The van der Waals surface area contributed by atoms with E-state index in [1.54, 1.807) is 18.2 Å². The van der Waals surface area contributed by atoms with Crippen molar-refractivity contribution < 1.29 is 0 Å². The Balaban J connectivity index is 2.10. The summed E-state index contributed by atoms with van der Waals surface area (Å²) in [6.07, 6.45) is 0. The first-order valence-electron chi connectivity index (χ1n) is 9.13. The molecular formula is C24H17N5. The van der Waals surface area contributed by atoms with Crippen molar-refractivity contribution in [3.8, 4) is 34.5 Å². The Bertz CT molecular complexity index is 1270. The van der Waals surface area contributed by atoms with Crippen LogP contribution in [-0.2, 0) is 0 Å². The summed E-state index contributed by atoms with van der Waals surface area (Å²) in [7, 11) is 0. The van der Waals surface area contributed by atoms with Gasteiger partial charge in [0.25, 0.3) is 0 Å². The second-order valence-corrected chi connectivity index (χ2v) is 6.74. The van der Waals surface area contributed by atoms with Crippen LogP contribution in [0, 0.1) is 31.8 Å². The van der Waals surface area contributed by atoms with E-state index in [1.165, 1.54) is 0 Å². The predicted octanol–water partition coefficient (Wildman–Crippen LogP) is 5.64. The van der Waals surface area contributed by atoms with Gasteiger partial charge in [0.1, 0.15) is 0 Å². The van der Waals surface area contributed by atoms with Crippen LogP contribution in [0.2, 0.25) is 0 Å². The lowest BCUT2D eigenvalue weighted by atomic mass is 10.0. The first-order chi connectivity index (χ1) is 14.1. The molecule has 0 fully saturated rings. The zero-order chi connectivity index (χ0) is 20.4. The van der Waals surface area contributed by atoms with Gasteiger partial charge in [-0.05, 0) is 31.0 Å². The van der Waals surface area contributed by atoms with E-state index in [4.69, 9.17) is 6.57 Å². The maximum atomic E-state index is 9.65. The third-order valence-corrected chi connectivity index (χ3v) is 4.85. The molecule has 0 N–H and O–H groups in total. The molecule has 3 aromatic carbocycles. The molecule has 0 bridgehead atoms. The number of aryl methyl sites for hydroxylation is 2. The Morgan fingerprint density at radius 1 is 0.897 bits per heavy atom. The molecule has 29 heavy (non-hydrogen) atoms. The number of para-hydroxylation sites is 1. The van der Waals surface area contributed by atoms with Crippen molar-refractivity contribution in [1.29, 1.82) is 5.26 Å². The maximum Gasteiger partial charge on any atom is 0.188 e. The van der Waals surface area contributed by atoms with Gasteiger partial charge in [-0.25, -0.2) is 4.85 Å². The SMILES string of the molecule is [C-]#[N+]c1ccc(C#N)c(-c2nnc(-c3ccccc3)n2-c2c(C)cccc2C)c1. The average Bonchev–Trinajstić information content (AvgIpc) is 3.18. The molecule has 1 aromatic heterocycles. The summed E-state index contributed by atoms with van der Waals surface area (Å²) in [4.78, 5) is 3.52. The molecule has 1 heterocycles. The monoisotopic (exact) mass is 375 g/mol. The lowest BCUT2D eigenvalue weighted by Crippen LogP contribution is -2.05. The van der Waals surface area contributed by atoms with Crippen LogP contribution in [-0.4, -0.2) is 14.8 Å². The quantitative estimate of drug-likeness (QED) is 0.435. The lowest BCUT2D eigenvalue weighted by molar-refractivity contribution is 1.04. The van der Waals surface area contributed by atoms with Crippen molar-refractivity contribution in [2.45, 2.75) is 13.8 Å². The van der Waals surface area contributed by atoms with Crippen LogP contribution in [0.5, 0.6) is 0 Å². The van der Waals surface area contributed by atoms with Gasteiger partial charge >= 0.3 is 0 Å².